The van der Waals surface area contributed by atoms with Gasteiger partial charge in [-0.05, 0) is 49.4 Å². The molecule has 0 aliphatic heterocycles. The van der Waals surface area contributed by atoms with Crippen LogP contribution in [0.4, 0.5) is 0 Å². The van der Waals surface area contributed by atoms with E-state index in [2.05, 4.69) is 101 Å². The molecule has 32 heavy (non-hydrogen) atoms. The number of hydrogen-bond donors (Lipinski definition) is 0. The first kappa shape index (κ1) is 27.7. The number of fused-ring (bicyclic) bond motifs is 1. The number of aryl methyl sites for hydroxylation is 3. The third-order valence-electron chi connectivity index (χ3n) is 6.45. The molecule has 2 atom stereocenters. The smallest absolute Gasteiger partial charge is 0.0189 e. The van der Waals surface area contributed by atoms with Crippen molar-refractivity contribution in [2.24, 2.45) is 0 Å². The molecule has 3 aromatic carbocycles. The maximum absolute atomic E-state index is 2.43. The van der Waals surface area contributed by atoms with Crippen LogP contribution in [0.5, 0.6) is 0 Å². The highest BCUT2D eigenvalue weighted by Gasteiger charge is 2.48. The standard InChI is InChI=1S/C26H28.3C2H6/c1-18-6-11-21(12-7-18)25(4)17-26(5,22-13-8-19(2)9-14-22)24-16-20(3)10-15-23(24)25;3*1-2/h6-16H,17H2,1-5H3;3*1-2H3. The van der Waals surface area contributed by atoms with E-state index in [9.17, 15) is 0 Å². The first-order valence-electron chi connectivity index (χ1n) is 12.6. The third kappa shape index (κ3) is 5.34. The van der Waals surface area contributed by atoms with Gasteiger partial charge in [-0.3, -0.25) is 0 Å². The van der Waals surface area contributed by atoms with Gasteiger partial charge in [0, 0.05) is 10.8 Å². The molecule has 2 unspecified atom stereocenters. The fourth-order valence-corrected chi connectivity index (χ4v) is 4.85. The lowest BCUT2D eigenvalue weighted by Crippen LogP contribution is -2.26. The summed E-state index contributed by atoms with van der Waals surface area (Å²) in [7, 11) is 0. The lowest BCUT2D eigenvalue weighted by Gasteiger charge is -2.31. The molecule has 1 aliphatic carbocycles. The molecule has 4 rings (SSSR count). The molecule has 0 fully saturated rings. The molecule has 0 amide bonds. The molecule has 0 N–H and O–H groups in total. The molecule has 0 nitrogen and oxygen atoms in total. The minimum Gasteiger partial charge on any atom is -0.0683 e. The van der Waals surface area contributed by atoms with Crippen molar-refractivity contribution in [2.45, 2.75) is 93.4 Å². The van der Waals surface area contributed by atoms with E-state index in [1.54, 1.807) is 0 Å². The predicted molar refractivity (Wildman–Crippen MR) is 145 cm³/mol. The Kier molecular flexibility index (Phi) is 10.4. The van der Waals surface area contributed by atoms with Crippen molar-refractivity contribution in [1.82, 2.24) is 0 Å². The van der Waals surface area contributed by atoms with Crippen molar-refractivity contribution in [2.75, 3.05) is 0 Å². The molecule has 0 saturated carbocycles. The van der Waals surface area contributed by atoms with Crippen LogP contribution in [-0.2, 0) is 10.8 Å². The third-order valence-corrected chi connectivity index (χ3v) is 6.45. The Labute approximate surface area is 199 Å². The summed E-state index contributed by atoms with van der Waals surface area (Å²) < 4.78 is 0. The Morgan fingerprint density at radius 1 is 0.469 bits per heavy atom. The zero-order valence-corrected chi connectivity index (χ0v) is 22.6. The molecule has 0 heterocycles. The van der Waals surface area contributed by atoms with Crippen LogP contribution in [0.3, 0.4) is 0 Å². The Balaban J connectivity index is 0.000000789. The summed E-state index contributed by atoms with van der Waals surface area (Å²) in [4.78, 5) is 0. The Hall–Kier alpha value is -2.34. The molecular formula is C32H46. The minimum absolute atomic E-state index is 0.0364. The van der Waals surface area contributed by atoms with E-state index in [1.807, 2.05) is 41.5 Å². The van der Waals surface area contributed by atoms with E-state index in [0.29, 0.717) is 0 Å². The van der Waals surface area contributed by atoms with Gasteiger partial charge in [0.25, 0.3) is 0 Å². The summed E-state index contributed by atoms with van der Waals surface area (Å²) >= 11 is 0. The lowest BCUT2D eigenvalue weighted by molar-refractivity contribution is 0.450. The largest absolute Gasteiger partial charge is 0.0683 e. The van der Waals surface area contributed by atoms with Crippen LogP contribution in [0.2, 0.25) is 0 Å². The summed E-state index contributed by atoms with van der Waals surface area (Å²) in [6.07, 6.45) is 1.10. The van der Waals surface area contributed by atoms with Crippen molar-refractivity contribution in [3.05, 3.63) is 106 Å². The molecule has 0 heteroatoms. The Bertz CT molecular complexity index is 946. The van der Waals surface area contributed by atoms with Gasteiger partial charge in [0.2, 0.25) is 0 Å². The van der Waals surface area contributed by atoms with Gasteiger partial charge in [-0.15, -0.1) is 0 Å². The number of rotatable bonds is 2. The second-order valence-electron chi connectivity index (χ2n) is 8.62. The van der Waals surface area contributed by atoms with Crippen LogP contribution in [-0.4, -0.2) is 0 Å². The fraction of sp³-hybridized carbons (Fsp3) is 0.438. The average molecular weight is 431 g/mol. The Morgan fingerprint density at radius 2 is 0.812 bits per heavy atom. The highest BCUT2D eigenvalue weighted by molar-refractivity contribution is 5.57. The lowest BCUT2D eigenvalue weighted by atomic mass is 9.72. The quantitative estimate of drug-likeness (QED) is 0.379. The van der Waals surface area contributed by atoms with E-state index in [1.165, 1.54) is 38.9 Å². The van der Waals surface area contributed by atoms with E-state index in [0.717, 1.165) is 6.42 Å². The van der Waals surface area contributed by atoms with Gasteiger partial charge >= 0.3 is 0 Å². The summed E-state index contributed by atoms with van der Waals surface area (Å²) in [6.45, 7) is 23.4. The van der Waals surface area contributed by atoms with Crippen molar-refractivity contribution in [1.29, 1.82) is 0 Å². The van der Waals surface area contributed by atoms with Crippen LogP contribution in [0.25, 0.3) is 0 Å². The monoisotopic (exact) mass is 430 g/mol. The number of hydrogen-bond acceptors (Lipinski definition) is 0. The summed E-state index contributed by atoms with van der Waals surface area (Å²) in [5, 5.41) is 0. The van der Waals surface area contributed by atoms with Gasteiger partial charge in [0.15, 0.2) is 0 Å². The van der Waals surface area contributed by atoms with E-state index in [4.69, 9.17) is 0 Å². The average Bonchev–Trinajstić information content (AvgIpc) is 3.06. The highest BCUT2D eigenvalue weighted by atomic mass is 14.5. The van der Waals surface area contributed by atoms with Crippen molar-refractivity contribution < 1.29 is 0 Å². The summed E-state index contributed by atoms with van der Waals surface area (Å²) in [5.74, 6) is 0. The van der Waals surface area contributed by atoms with Gasteiger partial charge in [0.05, 0.1) is 0 Å². The first-order chi connectivity index (χ1) is 15.3. The van der Waals surface area contributed by atoms with Gasteiger partial charge in [-0.1, -0.05) is 139 Å². The normalized spacial score (nSPS) is 20.5. The SMILES string of the molecule is CC.CC.CC.Cc1ccc(C2(C)CC(C)(c3ccc(C)cc3)c3cc(C)ccc32)cc1. The Morgan fingerprint density at radius 3 is 1.22 bits per heavy atom. The molecule has 0 bridgehead atoms. The van der Waals surface area contributed by atoms with Gasteiger partial charge in [-0.2, -0.15) is 0 Å². The number of benzene rings is 3. The van der Waals surface area contributed by atoms with Crippen molar-refractivity contribution in [3.63, 3.8) is 0 Å². The maximum atomic E-state index is 2.43. The van der Waals surface area contributed by atoms with E-state index >= 15 is 0 Å². The zero-order valence-electron chi connectivity index (χ0n) is 22.6. The molecule has 0 saturated heterocycles. The minimum atomic E-state index is 0.0364. The summed E-state index contributed by atoms with van der Waals surface area (Å²) in [5.41, 5.74) is 9.87. The molecule has 174 valence electrons. The van der Waals surface area contributed by atoms with Crippen molar-refractivity contribution in [3.8, 4) is 0 Å². The van der Waals surface area contributed by atoms with Gasteiger partial charge in [0.1, 0.15) is 0 Å². The molecule has 3 aromatic rings. The fourth-order valence-electron chi connectivity index (χ4n) is 4.85. The van der Waals surface area contributed by atoms with Crippen LogP contribution in [0, 0.1) is 20.8 Å². The molecule has 0 aromatic heterocycles. The van der Waals surface area contributed by atoms with Crippen LogP contribution < -0.4 is 0 Å². The van der Waals surface area contributed by atoms with Crippen LogP contribution in [0.15, 0.2) is 66.7 Å². The van der Waals surface area contributed by atoms with Crippen LogP contribution >= 0.6 is 0 Å². The first-order valence-corrected chi connectivity index (χ1v) is 12.6. The van der Waals surface area contributed by atoms with Crippen molar-refractivity contribution >= 4 is 0 Å². The zero-order chi connectivity index (χ0) is 24.5. The van der Waals surface area contributed by atoms with E-state index < -0.39 is 0 Å². The summed E-state index contributed by atoms with van der Waals surface area (Å²) in [6, 6.07) is 25.3. The van der Waals surface area contributed by atoms with Gasteiger partial charge < -0.3 is 0 Å². The molecule has 0 radical (unpaired) electrons. The molecule has 0 spiro atoms. The van der Waals surface area contributed by atoms with Crippen LogP contribution in [0.1, 0.15) is 101 Å². The molecular weight excluding hydrogens is 384 g/mol. The highest BCUT2D eigenvalue weighted by Crippen LogP contribution is 2.55. The molecule has 1 aliphatic rings. The predicted octanol–water partition coefficient (Wildman–Crippen LogP) is 9.71. The second kappa shape index (κ2) is 12.0. The van der Waals surface area contributed by atoms with Gasteiger partial charge in [-0.25, -0.2) is 0 Å². The second-order valence-corrected chi connectivity index (χ2v) is 8.62. The maximum Gasteiger partial charge on any atom is 0.0189 e. The topological polar surface area (TPSA) is 0 Å². The van der Waals surface area contributed by atoms with E-state index in [-0.39, 0.29) is 10.8 Å².